The van der Waals surface area contributed by atoms with Gasteiger partial charge in [-0.3, -0.25) is 0 Å². The van der Waals surface area contributed by atoms with Crippen LogP contribution in [0, 0.1) is 0 Å². The van der Waals surface area contributed by atoms with Crippen LogP contribution in [0.1, 0.15) is 13.8 Å². The Labute approximate surface area is 61.4 Å². The van der Waals surface area contributed by atoms with Crippen molar-refractivity contribution >= 4 is 0 Å². The zero-order valence-electron chi connectivity index (χ0n) is 6.50. The predicted octanol–water partition coefficient (Wildman–Crippen LogP) is -0.256. The molecule has 3 nitrogen and oxygen atoms in total. The summed E-state index contributed by atoms with van der Waals surface area (Å²) < 4.78 is 5.41. The summed E-state index contributed by atoms with van der Waals surface area (Å²) in [6, 6.07) is 0. The van der Waals surface area contributed by atoms with Gasteiger partial charge in [0.05, 0.1) is 18.3 Å². The number of nitrogens with one attached hydrogen (secondary N) is 1. The SMILES string of the molecule is CC(C)O[C@@H]1CNC[C@@H]1O. The number of hydrogen-bond acceptors (Lipinski definition) is 3. The van der Waals surface area contributed by atoms with E-state index in [2.05, 4.69) is 5.32 Å². The molecule has 2 N–H and O–H groups in total. The van der Waals surface area contributed by atoms with Crippen molar-refractivity contribution in [2.45, 2.75) is 32.2 Å². The Morgan fingerprint density at radius 2 is 2.20 bits per heavy atom. The zero-order valence-corrected chi connectivity index (χ0v) is 6.50. The van der Waals surface area contributed by atoms with E-state index in [9.17, 15) is 5.11 Å². The second-order valence-electron chi connectivity index (χ2n) is 2.95. The van der Waals surface area contributed by atoms with Crippen molar-refractivity contribution in [3.63, 3.8) is 0 Å². The molecule has 1 saturated heterocycles. The van der Waals surface area contributed by atoms with Crippen LogP contribution in [0.15, 0.2) is 0 Å². The Kier molecular flexibility index (Phi) is 2.65. The van der Waals surface area contributed by atoms with Crippen LogP contribution in [0.2, 0.25) is 0 Å². The quantitative estimate of drug-likeness (QED) is 0.562. The molecule has 0 spiro atoms. The van der Waals surface area contributed by atoms with Crippen molar-refractivity contribution in [2.75, 3.05) is 13.1 Å². The van der Waals surface area contributed by atoms with Crippen LogP contribution in [-0.4, -0.2) is 36.5 Å². The molecule has 0 unspecified atom stereocenters. The number of hydrogen-bond donors (Lipinski definition) is 2. The number of rotatable bonds is 2. The van der Waals surface area contributed by atoms with Crippen LogP contribution in [0.25, 0.3) is 0 Å². The van der Waals surface area contributed by atoms with Crippen molar-refractivity contribution in [2.24, 2.45) is 0 Å². The highest BCUT2D eigenvalue weighted by molar-refractivity contribution is 4.81. The lowest BCUT2D eigenvalue weighted by Gasteiger charge is -2.16. The third-order valence-corrected chi connectivity index (χ3v) is 1.58. The molecule has 10 heavy (non-hydrogen) atoms. The maximum atomic E-state index is 9.25. The maximum absolute atomic E-state index is 9.25. The molecule has 3 heteroatoms. The highest BCUT2D eigenvalue weighted by Gasteiger charge is 2.25. The van der Waals surface area contributed by atoms with E-state index in [0.29, 0.717) is 6.54 Å². The second kappa shape index (κ2) is 3.32. The van der Waals surface area contributed by atoms with E-state index < -0.39 is 0 Å². The Morgan fingerprint density at radius 1 is 1.50 bits per heavy atom. The molecular formula is C7H15NO2. The van der Waals surface area contributed by atoms with Crippen LogP contribution in [0.3, 0.4) is 0 Å². The minimum atomic E-state index is -0.317. The molecule has 0 aromatic rings. The average molecular weight is 145 g/mol. The van der Waals surface area contributed by atoms with Gasteiger partial charge in [0, 0.05) is 13.1 Å². The third-order valence-electron chi connectivity index (χ3n) is 1.58. The predicted molar refractivity (Wildman–Crippen MR) is 38.9 cm³/mol. The van der Waals surface area contributed by atoms with Gasteiger partial charge in [-0.2, -0.15) is 0 Å². The van der Waals surface area contributed by atoms with Gasteiger partial charge in [-0.25, -0.2) is 0 Å². The summed E-state index contributed by atoms with van der Waals surface area (Å²) in [5.74, 6) is 0. The van der Waals surface area contributed by atoms with Gasteiger partial charge >= 0.3 is 0 Å². The van der Waals surface area contributed by atoms with Crippen molar-refractivity contribution in [3.8, 4) is 0 Å². The van der Waals surface area contributed by atoms with Crippen LogP contribution >= 0.6 is 0 Å². The fraction of sp³-hybridized carbons (Fsp3) is 1.00. The Balaban J connectivity index is 2.26. The van der Waals surface area contributed by atoms with Crippen molar-refractivity contribution in [1.82, 2.24) is 5.32 Å². The first-order valence-electron chi connectivity index (χ1n) is 3.74. The van der Waals surface area contributed by atoms with Gasteiger partial charge in [0.25, 0.3) is 0 Å². The van der Waals surface area contributed by atoms with Crippen molar-refractivity contribution in [3.05, 3.63) is 0 Å². The van der Waals surface area contributed by atoms with Gasteiger partial charge in [0.2, 0.25) is 0 Å². The highest BCUT2D eigenvalue weighted by atomic mass is 16.5. The lowest BCUT2D eigenvalue weighted by atomic mass is 10.2. The van der Waals surface area contributed by atoms with Crippen LogP contribution in [0.4, 0.5) is 0 Å². The smallest absolute Gasteiger partial charge is 0.0973 e. The second-order valence-corrected chi connectivity index (χ2v) is 2.95. The topological polar surface area (TPSA) is 41.5 Å². The normalized spacial score (nSPS) is 33.6. The van der Waals surface area contributed by atoms with E-state index in [4.69, 9.17) is 4.74 Å². The molecule has 1 aliphatic heterocycles. The van der Waals surface area contributed by atoms with Gasteiger partial charge < -0.3 is 15.2 Å². The molecule has 0 bridgehead atoms. The molecule has 0 radical (unpaired) electrons. The molecule has 0 saturated carbocycles. The van der Waals surface area contributed by atoms with E-state index in [0.717, 1.165) is 6.54 Å². The largest absolute Gasteiger partial charge is 0.389 e. The summed E-state index contributed by atoms with van der Waals surface area (Å²) in [6.07, 6.45) is -0.109. The first kappa shape index (κ1) is 7.98. The van der Waals surface area contributed by atoms with Gasteiger partial charge in [0.15, 0.2) is 0 Å². The Morgan fingerprint density at radius 3 is 2.60 bits per heavy atom. The Hall–Kier alpha value is -0.120. The van der Waals surface area contributed by atoms with E-state index >= 15 is 0 Å². The minimum Gasteiger partial charge on any atom is -0.389 e. The number of ether oxygens (including phenoxy) is 1. The minimum absolute atomic E-state index is 0.000000000000000222. The molecule has 0 amide bonds. The summed E-state index contributed by atoms with van der Waals surface area (Å²) in [4.78, 5) is 0. The third kappa shape index (κ3) is 1.94. The lowest BCUT2D eigenvalue weighted by Crippen LogP contribution is -2.29. The molecule has 1 aliphatic rings. The first-order valence-corrected chi connectivity index (χ1v) is 3.74. The van der Waals surface area contributed by atoms with Gasteiger partial charge in [-0.15, -0.1) is 0 Å². The monoisotopic (exact) mass is 145 g/mol. The molecule has 1 heterocycles. The van der Waals surface area contributed by atoms with E-state index in [1.165, 1.54) is 0 Å². The van der Waals surface area contributed by atoms with Gasteiger partial charge in [-0.1, -0.05) is 0 Å². The fourth-order valence-corrected chi connectivity index (χ4v) is 1.13. The summed E-state index contributed by atoms with van der Waals surface area (Å²) in [5.41, 5.74) is 0. The van der Waals surface area contributed by atoms with E-state index in [1.54, 1.807) is 0 Å². The van der Waals surface area contributed by atoms with Crippen LogP contribution in [-0.2, 0) is 4.74 Å². The fourth-order valence-electron chi connectivity index (χ4n) is 1.13. The molecule has 0 aromatic heterocycles. The zero-order chi connectivity index (χ0) is 7.56. The summed E-state index contributed by atoms with van der Waals surface area (Å²) in [6.45, 7) is 5.40. The molecule has 2 atom stereocenters. The van der Waals surface area contributed by atoms with Crippen LogP contribution in [0.5, 0.6) is 0 Å². The van der Waals surface area contributed by atoms with E-state index in [-0.39, 0.29) is 18.3 Å². The molecule has 60 valence electrons. The standard InChI is InChI=1S/C7H15NO2/c1-5(2)10-7-4-8-3-6(7)9/h5-9H,3-4H2,1-2H3/t6-,7+/m0/s1. The molecule has 1 rings (SSSR count). The van der Waals surface area contributed by atoms with E-state index in [1.807, 2.05) is 13.8 Å². The van der Waals surface area contributed by atoms with Gasteiger partial charge in [-0.05, 0) is 13.8 Å². The van der Waals surface area contributed by atoms with Crippen molar-refractivity contribution < 1.29 is 9.84 Å². The average Bonchev–Trinajstić information content (AvgIpc) is 2.15. The molecule has 0 aromatic carbocycles. The Bertz CT molecular complexity index is 106. The summed E-state index contributed by atoms with van der Waals surface area (Å²) >= 11 is 0. The van der Waals surface area contributed by atoms with Crippen molar-refractivity contribution in [1.29, 1.82) is 0 Å². The maximum Gasteiger partial charge on any atom is 0.0973 e. The number of aliphatic hydroxyl groups excluding tert-OH is 1. The molecular weight excluding hydrogens is 130 g/mol. The summed E-state index contributed by atoms with van der Waals surface area (Å²) in [5, 5.41) is 12.3. The summed E-state index contributed by atoms with van der Waals surface area (Å²) in [7, 11) is 0. The molecule has 0 aliphatic carbocycles. The highest BCUT2D eigenvalue weighted by Crippen LogP contribution is 2.06. The first-order chi connectivity index (χ1) is 4.70. The van der Waals surface area contributed by atoms with Gasteiger partial charge in [0.1, 0.15) is 0 Å². The number of β-amino-alcohol motifs (C(OH)–C–C–N with tert-alkyl or cyclic N) is 1. The molecule has 1 fully saturated rings. The number of aliphatic hydroxyl groups is 1. The van der Waals surface area contributed by atoms with Crippen LogP contribution < -0.4 is 5.32 Å². The lowest BCUT2D eigenvalue weighted by molar-refractivity contribution is -0.0388.